The molecule has 1 amide bonds. The van der Waals surface area contributed by atoms with Crippen molar-refractivity contribution in [2.75, 3.05) is 19.8 Å². The Morgan fingerprint density at radius 3 is 2.96 bits per heavy atom. The lowest BCUT2D eigenvalue weighted by molar-refractivity contribution is 0.0501. The van der Waals surface area contributed by atoms with Gasteiger partial charge in [-0.1, -0.05) is 0 Å². The molecule has 0 radical (unpaired) electrons. The van der Waals surface area contributed by atoms with E-state index >= 15 is 0 Å². The number of hydrogen-bond donors (Lipinski definition) is 1. The summed E-state index contributed by atoms with van der Waals surface area (Å²) in [6.07, 6.45) is 2.95. The summed E-state index contributed by atoms with van der Waals surface area (Å²) < 4.78 is 22.4. The van der Waals surface area contributed by atoms with Crippen LogP contribution in [0.2, 0.25) is 0 Å². The largest absolute Gasteiger partial charge is 0.497 e. The van der Waals surface area contributed by atoms with Gasteiger partial charge in [0.25, 0.3) is 0 Å². The van der Waals surface area contributed by atoms with Crippen LogP contribution in [0.15, 0.2) is 34.5 Å². The number of hydrogen-bond acceptors (Lipinski definition) is 5. The number of carbonyl (C=O) groups excluding carboxylic acids is 1. The van der Waals surface area contributed by atoms with Crippen molar-refractivity contribution in [3.05, 3.63) is 34.5 Å². The lowest BCUT2D eigenvalue weighted by atomic mass is 9.69. The number of allylic oxidation sites excluding steroid dienone is 3. The van der Waals surface area contributed by atoms with Crippen molar-refractivity contribution in [2.24, 2.45) is 0 Å². The molecule has 0 spiro atoms. The topological polar surface area (TPSA) is 66.0 Å². The SMILES string of the molecule is CC1=C2C=COCC3=C2B(OC3)O[C@@H]1CNC(=O)OC(C)(C)C. The summed E-state index contributed by atoms with van der Waals surface area (Å²) in [4.78, 5) is 11.8. The molecule has 0 aromatic rings. The quantitative estimate of drug-likeness (QED) is 0.790. The van der Waals surface area contributed by atoms with Gasteiger partial charge in [0.1, 0.15) is 12.2 Å². The summed E-state index contributed by atoms with van der Waals surface area (Å²) in [6.45, 7) is 8.88. The lowest BCUT2D eigenvalue weighted by Crippen LogP contribution is -2.43. The second-order valence-electron chi connectivity index (χ2n) is 6.88. The molecule has 0 fully saturated rings. The maximum absolute atomic E-state index is 11.8. The molecule has 3 aliphatic rings. The Balaban J connectivity index is 1.73. The standard InChI is InChI=1S/C16H22BNO5/c1-10-12-5-6-20-8-11-9-21-17(14(11)12)23-13(10)7-18-15(19)22-16(2,3)4/h5-6,13H,7-9H2,1-4H3,(H,18,19)/t13-/m1/s1. The lowest BCUT2D eigenvalue weighted by Gasteiger charge is -2.30. The highest BCUT2D eigenvalue weighted by molar-refractivity contribution is 6.57. The van der Waals surface area contributed by atoms with Gasteiger partial charge in [-0.05, 0) is 56.0 Å². The minimum Gasteiger partial charge on any atom is -0.497 e. The summed E-state index contributed by atoms with van der Waals surface area (Å²) in [6, 6.07) is 0. The van der Waals surface area contributed by atoms with Gasteiger partial charge in [-0.15, -0.1) is 0 Å². The number of rotatable bonds is 2. The summed E-state index contributed by atoms with van der Waals surface area (Å²) in [5.74, 6) is 0. The Morgan fingerprint density at radius 2 is 2.22 bits per heavy atom. The summed E-state index contributed by atoms with van der Waals surface area (Å²) in [5.41, 5.74) is 3.81. The average molecular weight is 319 g/mol. The van der Waals surface area contributed by atoms with Gasteiger partial charge in [-0.3, -0.25) is 0 Å². The first-order chi connectivity index (χ1) is 10.8. The van der Waals surface area contributed by atoms with Crippen LogP contribution in [0.1, 0.15) is 27.7 Å². The predicted octanol–water partition coefficient (Wildman–Crippen LogP) is 2.12. The molecule has 3 aliphatic heterocycles. The molecule has 1 atom stereocenters. The smallest absolute Gasteiger partial charge is 0.495 e. The molecule has 0 unspecified atom stereocenters. The van der Waals surface area contributed by atoms with E-state index in [1.165, 1.54) is 0 Å². The number of ether oxygens (including phenoxy) is 2. The molecule has 6 nitrogen and oxygen atoms in total. The van der Waals surface area contributed by atoms with Gasteiger partial charge < -0.3 is 24.1 Å². The second-order valence-corrected chi connectivity index (χ2v) is 6.88. The van der Waals surface area contributed by atoms with Gasteiger partial charge in [-0.2, -0.15) is 0 Å². The minimum absolute atomic E-state index is 0.256. The van der Waals surface area contributed by atoms with E-state index in [1.54, 1.807) is 6.26 Å². The number of nitrogens with one attached hydrogen (secondary N) is 1. The molecule has 7 heteroatoms. The van der Waals surface area contributed by atoms with E-state index in [0.717, 1.165) is 22.2 Å². The van der Waals surface area contributed by atoms with Crippen molar-refractivity contribution < 1.29 is 23.6 Å². The number of carbonyl (C=O) groups is 1. The van der Waals surface area contributed by atoms with E-state index in [9.17, 15) is 4.79 Å². The molecule has 1 N–H and O–H groups in total. The van der Waals surface area contributed by atoms with Gasteiger partial charge in [0, 0.05) is 6.54 Å². The Kier molecular flexibility index (Phi) is 4.25. The Bertz CT molecular complexity index is 602. The van der Waals surface area contributed by atoms with Crippen LogP contribution in [0.4, 0.5) is 4.79 Å². The van der Waals surface area contributed by atoms with Crippen LogP contribution in [-0.4, -0.2) is 44.7 Å². The monoisotopic (exact) mass is 319 g/mol. The van der Waals surface area contributed by atoms with Crippen LogP contribution in [0.25, 0.3) is 0 Å². The van der Waals surface area contributed by atoms with Crippen molar-refractivity contribution in [1.82, 2.24) is 5.32 Å². The van der Waals surface area contributed by atoms with Crippen LogP contribution >= 0.6 is 0 Å². The van der Waals surface area contributed by atoms with Crippen molar-refractivity contribution >= 4 is 13.2 Å². The third kappa shape index (κ3) is 3.45. The van der Waals surface area contributed by atoms with Gasteiger partial charge in [0.2, 0.25) is 0 Å². The first-order valence-electron chi connectivity index (χ1n) is 7.80. The number of alkyl carbamates (subject to hydrolysis) is 1. The molecular weight excluding hydrogens is 297 g/mol. The van der Waals surface area contributed by atoms with E-state index in [4.69, 9.17) is 18.8 Å². The van der Waals surface area contributed by atoms with Gasteiger partial charge in [0.05, 0.1) is 19.0 Å². The maximum Gasteiger partial charge on any atom is 0.495 e. The maximum atomic E-state index is 11.8. The fourth-order valence-electron chi connectivity index (χ4n) is 2.86. The number of amides is 1. The third-order valence-corrected chi connectivity index (χ3v) is 3.93. The van der Waals surface area contributed by atoms with Crippen molar-refractivity contribution in [2.45, 2.75) is 39.4 Å². The normalized spacial score (nSPS) is 23.5. The van der Waals surface area contributed by atoms with Crippen LogP contribution < -0.4 is 5.32 Å². The molecule has 3 rings (SSSR count). The van der Waals surface area contributed by atoms with Crippen LogP contribution in [-0.2, 0) is 18.8 Å². The summed E-state index contributed by atoms with van der Waals surface area (Å²) in [7, 11) is -0.388. The van der Waals surface area contributed by atoms with E-state index in [-0.39, 0.29) is 13.2 Å². The third-order valence-electron chi connectivity index (χ3n) is 3.93. The zero-order valence-electron chi connectivity index (χ0n) is 14.0. The molecule has 0 saturated carbocycles. The highest BCUT2D eigenvalue weighted by Crippen LogP contribution is 2.36. The minimum atomic E-state index is -0.522. The fourth-order valence-corrected chi connectivity index (χ4v) is 2.86. The van der Waals surface area contributed by atoms with Crippen LogP contribution in [0.3, 0.4) is 0 Å². The highest BCUT2D eigenvalue weighted by Gasteiger charge is 2.42. The predicted molar refractivity (Wildman–Crippen MR) is 85.6 cm³/mol. The van der Waals surface area contributed by atoms with Gasteiger partial charge >= 0.3 is 13.2 Å². The summed E-state index contributed by atoms with van der Waals surface area (Å²) in [5, 5.41) is 2.76. The molecule has 0 aliphatic carbocycles. The first kappa shape index (κ1) is 16.1. The zero-order chi connectivity index (χ0) is 16.6. The van der Waals surface area contributed by atoms with Crippen molar-refractivity contribution in [1.29, 1.82) is 0 Å². The van der Waals surface area contributed by atoms with E-state index in [2.05, 4.69) is 5.32 Å². The van der Waals surface area contributed by atoms with E-state index in [0.29, 0.717) is 19.8 Å². The molecule has 0 saturated heterocycles. The van der Waals surface area contributed by atoms with Gasteiger partial charge in [-0.25, -0.2) is 4.79 Å². The molecule has 23 heavy (non-hydrogen) atoms. The van der Waals surface area contributed by atoms with Crippen molar-refractivity contribution in [3.63, 3.8) is 0 Å². The molecule has 0 bridgehead atoms. The van der Waals surface area contributed by atoms with E-state index < -0.39 is 11.7 Å². The van der Waals surface area contributed by atoms with E-state index in [1.807, 2.05) is 33.8 Å². The van der Waals surface area contributed by atoms with Crippen LogP contribution in [0, 0.1) is 0 Å². The molecule has 3 heterocycles. The van der Waals surface area contributed by atoms with Crippen LogP contribution in [0.5, 0.6) is 0 Å². The second kappa shape index (κ2) is 6.05. The average Bonchev–Trinajstić information content (AvgIpc) is 2.72. The molecule has 0 aromatic heterocycles. The fraction of sp³-hybridized carbons (Fsp3) is 0.562. The molecular formula is C16H22BNO5. The zero-order valence-corrected chi connectivity index (χ0v) is 14.0. The summed E-state index contributed by atoms with van der Waals surface area (Å²) >= 11 is 0. The molecule has 0 aromatic carbocycles. The first-order valence-corrected chi connectivity index (χ1v) is 7.80. The Morgan fingerprint density at radius 1 is 1.43 bits per heavy atom. The Labute approximate surface area is 136 Å². The van der Waals surface area contributed by atoms with Gasteiger partial charge in [0.15, 0.2) is 0 Å². The van der Waals surface area contributed by atoms with Crippen molar-refractivity contribution in [3.8, 4) is 0 Å². The Hall–Kier alpha value is -1.73. The molecule has 124 valence electrons. The highest BCUT2D eigenvalue weighted by atomic mass is 16.6.